The lowest BCUT2D eigenvalue weighted by Crippen LogP contribution is -2.57. The smallest absolute Gasteiger partial charge is 0.317 e. The van der Waals surface area contributed by atoms with Gasteiger partial charge in [0.1, 0.15) is 11.9 Å². The summed E-state index contributed by atoms with van der Waals surface area (Å²) in [6.07, 6.45) is 0.505. The van der Waals surface area contributed by atoms with E-state index in [0.29, 0.717) is 30.9 Å². The van der Waals surface area contributed by atoms with Gasteiger partial charge >= 0.3 is 6.03 Å². The van der Waals surface area contributed by atoms with Gasteiger partial charge in [-0.15, -0.1) is 0 Å². The fraction of sp³-hybridized carbons (Fsp3) is 0.556. The molecule has 142 valence electrons. The maximum absolute atomic E-state index is 12.5. The molecule has 1 aromatic carbocycles. The summed E-state index contributed by atoms with van der Waals surface area (Å²) in [6, 6.07) is 6.41. The van der Waals surface area contributed by atoms with Crippen LogP contribution >= 0.6 is 0 Å². The van der Waals surface area contributed by atoms with Crippen molar-refractivity contribution < 1.29 is 19.1 Å². The highest BCUT2D eigenvalue weighted by Crippen LogP contribution is 2.19. The molecular weight excluding hydrogens is 336 g/mol. The molecule has 0 saturated carbocycles. The average molecular weight is 362 g/mol. The van der Waals surface area contributed by atoms with E-state index in [4.69, 9.17) is 15.2 Å². The number of amides is 3. The summed E-state index contributed by atoms with van der Waals surface area (Å²) in [5.41, 5.74) is 5.69. The zero-order valence-electron chi connectivity index (χ0n) is 15.0. The third-order valence-corrected chi connectivity index (χ3v) is 4.82. The normalized spacial score (nSPS) is 24.1. The van der Waals surface area contributed by atoms with Crippen LogP contribution in [0.5, 0.6) is 5.75 Å². The quantitative estimate of drug-likeness (QED) is 0.802. The second-order valence-corrected chi connectivity index (χ2v) is 6.75. The Morgan fingerprint density at radius 3 is 2.54 bits per heavy atom. The first-order valence-corrected chi connectivity index (χ1v) is 8.91. The highest BCUT2D eigenvalue weighted by atomic mass is 16.5. The van der Waals surface area contributed by atoms with E-state index in [1.807, 2.05) is 4.90 Å². The van der Waals surface area contributed by atoms with E-state index < -0.39 is 5.91 Å². The highest BCUT2D eigenvalue weighted by Gasteiger charge is 2.31. The summed E-state index contributed by atoms with van der Waals surface area (Å²) in [7, 11) is 2.05. The molecule has 2 atom stereocenters. The molecule has 0 radical (unpaired) electrons. The van der Waals surface area contributed by atoms with Crippen LogP contribution < -0.4 is 15.8 Å². The van der Waals surface area contributed by atoms with Gasteiger partial charge in [-0.25, -0.2) is 4.79 Å². The molecule has 0 bridgehead atoms. The summed E-state index contributed by atoms with van der Waals surface area (Å²) >= 11 is 0. The molecule has 8 nitrogen and oxygen atoms in total. The Hall–Kier alpha value is -2.32. The van der Waals surface area contributed by atoms with Crippen LogP contribution in [0.3, 0.4) is 0 Å². The number of nitrogens with two attached hydrogens (primary N) is 1. The van der Waals surface area contributed by atoms with Gasteiger partial charge in [-0.2, -0.15) is 0 Å². The predicted octanol–water partition coefficient (Wildman–Crippen LogP) is 0.279. The molecule has 0 aliphatic carbocycles. The van der Waals surface area contributed by atoms with Crippen LogP contribution in [-0.2, 0) is 4.74 Å². The van der Waals surface area contributed by atoms with Crippen LogP contribution in [0.25, 0.3) is 0 Å². The molecular formula is C18H26N4O4. The Balaban J connectivity index is 1.58. The van der Waals surface area contributed by atoms with Gasteiger partial charge in [-0.1, -0.05) is 0 Å². The van der Waals surface area contributed by atoms with Gasteiger partial charge in [0.05, 0.1) is 19.3 Å². The molecule has 26 heavy (non-hydrogen) atoms. The van der Waals surface area contributed by atoms with Crippen molar-refractivity contribution in [2.24, 2.45) is 5.73 Å². The fourth-order valence-corrected chi connectivity index (χ4v) is 3.13. The number of nitrogens with one attached hydrogen (secondary N) is 1. The van der Waals surface area contributed by atoms with Gasteiger partial charge < -0.3 is 30.3 Å². The van der Waals surface area contributed by atoms with Gasteiger partial charge in [0.15, 0.2) is 0 Å². The Bertz CT molecular complexity index is 629. The third-order valence-electron chi connectivity index (χ3n) is 4.82. The van der Waals surface area contributed by atoms with E-state index >= 15 is 0 Å². The van der Waals surface area contributed by atoms with Gasteiger partial charge in [-0.3, -0.25) is 4.79 Å². The largest absolute Gasteiger partial charge is 0.488 e. The molecule has 1 aromatic rings. The van der Waals surface area contributed by atoms with Crippen LogP contribution in [0.15, 0.2) is 24.3 Å². The minimum Gasteiger partial charge on any atom is -0.488 e. The molecule has 0 spiro atoms. The summed E-state index contributed by atoms with van der Waals surface area (Å²) in [6.45, 7) is 4.20. The number of ether oxygens (including phenoxy) is 2. The molecule has 3 N–H and O–H groups in total. The SMILES string of the molecule is CN1CCN(C(=O)N[C@@H]2COCC[C@H]2Oc2ccc(C(N)=O)cc2)CC1. The van der Waals surface area contributed by atoms with Gasteiger partial charge in [0.2, 0.25) is 5.91 Å². The van der Waals surface area contributed by atoms with Crippen molar-refractivity contribution in [1.29, 1.82) is 0 Å². The molecule has 2 aliphatic rings. The van der Waals surface area contributed by atoms with E-state index in [-0.39, 0.29) is 18.2 Å². The molecule has 3 rings (SSSR count). The second-order valence-electron chi connectivity index (χ2n) is 6.75. The molecule has 2 fully saturated rings. The number of hydrogen-bond donors (Lipinski definition) is 2. The number of hydrogen-bond acceptors (Lipinski definition) is 5. The molecule has 0 unspecified atom stereocenters. The van der Waals surface area contributed by atoms with E-state index in [1.165, 1.54) is 0 Å². The van der Waals surface area contributed by atoms with Crippen LogP contribution in [0.1, 0.15) is 16.8 Å². The lowest BCUT2D eigenvalue weighted by molar-refractivity contribution is -0.00227. The standard InChI is InChI=1S/C18H26N4O4/c1-21-7-9-22(10-8-21)18(24)20-15-12-25-11-6-16(15)26-14-4-2-13(3-5-14)17(19)23/h2-5,15-16H,6-12H2,1H3,(H2,19,23)(H,20,24)/t15-,16-/m1/s1. The maximum atomic E-state index is 12.5. The van der Waals surface area contributed by atoms with Crippen LogP contribution in [0.2, 0.25) is 0 Å². The molecule has 2 aliphatic heterocycles. The van der Waals surface area contributed by atoms with Crippen LogP contribution in [-0.4, -0.2) is 80.3 Å². The third kappa shape index (κ3) is 4.64. The number of carbonyl (C=O) groups is 2. The molecule has 8 heteroatoms. The minimum absolute atomic E-state index is 0.0775. The summed E-state index contributed by atoms with van der Waals surface area (Å²) < 4.78 is 11.6. The van der Waals surface area contributed by atoms with Crippen LogP contribution in [0, 0.1) is 0 Å². The summed E-state index contributed by atoms with van der Waals surface area (Å²) in [4.78, 5) is 27.7. The van der Waals surface area contributed by atoms with E-state index in [9.17, 15) is 9.59 Å². The van der Waals surface area contributed by atoms with Crippen LogP contribution in [0.4, 0.5) is 4.79 Å². The Morgan fingerprint density at radius 2 is 1.88 bits per heavy atom. The molecule has 2 heterocycles. The van der Waals surface area contributed by atoms with Crippen molar-refractivity contribution >= 4 is 11.9 Å². The number of primary amides is 1. The number of nitrogens with zero attached hydrogens (tertiary/aromatic N) is 2. The lowest BCUT2D eigenvalue weighted by atomic mass is 10.1. The first kappa shape index (κ1) is 18.5. The Kier molecular flexibility index (Phi) is 5.95. The number of likely N-dealkylation sites (N-methyl/N-ethyl adjacent to an activating group) is 1. The number of carbonyl (C=O) groups excluding carboxylic acids is 2. The van der Waals surface area contributed by atoms with E-state index in [2.05, 4.69) is 17.3 Å². The number of rotatable bonds is 4. The minimum atomic E-state index is -0.472. The molecule has 2 saturated heterocycles. The summed E-state index contributed by atoms with van der Waals surface area (Å²) in [5, 5.41) is 3.05. The number of piperazine rings is 1. The first-order chi connectivity index (χ1) is 12.5. The van der Waals surface area contributed by atoms with Crippen molar-refractivity contribution in [3.63, 3.8) is 0 Å². The fourth-order valence-electron chi connectivity index (χ4n) is 3.13. The number of benzene rings is 1. The predicted molar refractivity (Wildman–Crippen MR) is 96.2 cm³/mol. The Morgan fingerprint density at radius 1 is 1.19 bits per heavy atom. The van der Waals surface area contributed by atoms with E-state index in [0.717, 1.165) is 26.2 Å². The first-order valence-electron chi connectivity index (χ1n) is 8.91. The highest BCUT2D eigenvalue weighted by molar-refractivity contribution is 5.92. The van der Waals surface area contributed by atoms with Crippen molar-refractivity contribution in [3.8, 4) is 5.75 Å². The van der Waals surface area contributed by atoms with Crippen molar-refractivity contribution in [2.75, 3.05) is 46.4 Å². The van der Waals surface area contributed by atoms with Crippen molar-refractivity contribution in [1.82, 2.24) is 15.1 Å². The lowest BCUT2D eigenvalue weighted by Gasteiger charge is -2.36. The van der Waals surface area contributed by atoms with Gasteiger partial charge in [-0.05, 0) is 31.3 Å². The van der Waals surface area contributed by atoms with Crippen molar-refractivity contribution in [2.45, 2.75) is 18.6 Å². The monoisotopic (exact) mass is 362 g/mol. The van der Waals surface area contributed by atoms with Gasteiger partial charge in [0.25, 0.3) is 0 Å². The molecule has 0 aromatic heterocycles. The van der Waals surface area contributed by atoms with E-state index in [1.54, 1.807) is 24.3 Å². The number of urea groups is 1. The Labute approximate surface area is 153 Å². The van der Waals surface area contributed by atoms with Gasteiger partial charge in [0, 0.05) is 38.2 Å². The van der Waals surface area contributed by atoms with Crippen molar-refractivity contribution in [3.05, 3.63) is 29.8 Å². The second kappa shape index (κ2) is 8.37. The summed E-state index contributed by atoms with van der Waals surface area (Å²) in [5.74, 6) is 0.167. The average Bonchev–Trinajstić information content (AvgIpc) is 2.64. The topological polar surface area (TPSA) is 97.1 Å². The zero-order valence-corrected chi connectivity index (χ0v) is 15.0. The zero-order chi connectivity index (χ0) is 18.5. The molecule has 3 amide bonds. The maximum Gasteiger partial charge on any atom is 0.317 e.